The summed E-state index contributed by atoms with van der Waals surface area (Å²) in [5.41, 5.74) is -0.318. The quantitative estimate of drug-likeness (QED) is 0.817. The Morgan fingerprint density at radius 3 is 2.48 bits per heavy atom. The molecule has 2 aromatic rings. The molecule has 2 aromatic heterocycles. The zero-order valence-electron chi connectivity index (χ0n) is 15.2. The normalized spacial score (nSPS) is 21.8. The Morgan fingerprint density at radius 2 is 1.89 bits per heavy atom. The first-order valence-electron chi connectivity index (χ1n) is 9.73. The minimum Gasteiger partial charge on any atom is -0.360 e. The first kappa shape index (κ1) is 16.5. The van der Waals surface area contributed by atoms with Crippen molar-refractivity contribution in [2.24, 2.45) is 0 Å². The highest BCUT2D eigenvalue weighted by Crippen LogP contribution is 2.40. The lowest BCUT2D eigenvalue weighted by atomic mass is 9.85. The summed E-state index contributed by atoms with van der Waals surface area (Å²) in [6.45, 7) is 2.63. The first-order valence-corrected chi connectivity index (χ1v) is 9.73. The molecule has 3 fully saturated rings. The summed E-state index contributed by atoms with van der Waals surface area (Å²) in [7, 11) is 0. The van der Waals surface area contributed by atoms with Gasteiger partial charge >= 0.3 is 0 Å². The summed E-state index contributed by atoms with van der Waals surface area (Å²) in [6.07, 6.45) is 7.95. The summed E-state index contributed by atoms with van der Waals surface area (Å²) in [4.78, 5) is 29.7. The van der Waals surface area contributed by atoms with Crippen molar-refractivity contribution < 1.29 is 14.1 Å². The van der Waals surface area contributed by atoms with E-state index in [1.807, 2.05) is 17.2 Å². The lowest BCUT2D eigenvalue weighted by Gasteiger charge is -2.45. The van der Waals surface area contributed by atoms with Crippen LogP contribution in [0.2, 0.25) is 0 Å². The van der Waals surface area contributed by atoms with E-state index in [0.29, 0.717) is 37.5 Å². The molecule has 3 aliphatic rings. The zero-order valence-corrected chi connectivity index (χ0v) is 15.2. The van der Waals surface area contributed by atoms with E-state index in [1.165, 1.54) is 0 Å². The van der Waals surface area contributed by atoms with Crippen molar-refractivity contribution in [3.63, 3.8) is 0 Å². The molecule has 2 aliphatic heterocycles. The van der Waals surface area contributed by atoms with Gasteiger partial charge in [-0.3, -0.25) is 14.3 Å². The van der Waals surface area contributed by atoms with Crippen LogP contribution in [0.3, 0.4) is 0 Å². The van der Waals surface area contributed by atoms with E-state index in [2.05, 4.69) is 10.3 Å². The van der Waals surface area contributed by atoms with Gasteiger partial charge in [0, 0.05) is 50.6 Å². The van der Waals surface area contributed by atoms with E-state index < -0.39 is 5.54 Å². The summed E-state index contributed by atoms with van der Waals surface area (Å²) in [5.74, 6) is 1.26. The van der Waals surface area contributed by atoms with Crippen LogP contribution in [0.25, 0.3) is 0 Å². The van der Waals surface area contributed by atoms with Crippen LogP contribution >= 0.6 is 0 Å². The molecule has 5 rings (SSSR count). The maximum atomic E-state index is 13.2. The molecule has 27 heavy (non-hydrogen) atoms. The standard InChI is InChI=1S/C19H23N5O3/c25-17(15-13-16(27-21-15)14-3-4-14)22-11-5-19(6-12-22,24-10-1-7-20-24)18(26)23-8-2-9-23/h1,7,10,13-14H,2-6,8-9,11-12H2. The van der Waals surface area contributed by atoms with E-state index >= 15 is 0 Å². The second kappa shape index (κ2) is 6.21. The number of aromatic nitrogens is 3. The predicted molar refractivity (Wildman–Crippen MR) is 95.0 cm³/mol. The van der Waals surface area contributed by atoms with Crippen molar-refractivity contribution >= 4 is 11.8 Å². The number of hydrogen-bond acceptors (Lipinski definition) is 5. The topological polar surface area (TPSA) is 84.5 Å². The highest BCUT2D eigenvalue weighted by molar-refractivity contribution is 5.93. The Morgan fingerprint density at radius 1 is 1.11 bits per heavy atom. The molecule has 0 atom stereocenters. The van der Waals surface area contributed by atoms with Crippen molar-refractivity contribution in [1.29, 1.82) is 0 Å². The third-order valence-electron chi connectivity index (χ3n) is 6.09. The van der Waals surface area contributed by atoms with Gasteiger partial charge in [-0.05, 0) is 38.2 Å². The molecule has 0 aromatic carbocycles. The van der Waals surface area contributed by atoms with Crippen molar-refractivity contribution in [2.75, 3.05) is 26.2 Å². The Labute approximate surface area is 157 Å². The van der Waals surface area contributed by atoms with Crippen molar-refractivity contribution in [3.05, 3.63) is 36.0 Å². The molecule has 0 N–H and O–H groups in total. The molecule has 0 bridgehead atoms. The highest BCUT2D eigenvalue weighted by Gasteiger charge is 2.47. The average molecular weight is 369 g/mol. The van der Waals surface area contributed by atoms with Gasteiger partial charge < -0.3 is 14.3 Å². The Balaban J connectivity index is 1.33. The van der Waals surface area contributed by atoms with Crippen LogP contribution in [-0.4, -0.2) is 62.7 Å². The third-order valence-corrected chi connectivity index (χ3v) is 6.09. The molecule has 0 spiro atoms. The Kier molecular flexibility index (Phi) is 3.80. The molecule has 1 aliphatic carbocycles. The van der Waals surface area contributed by atoms with Crippen molar-refractivity contribution in [2.45, 2.75) is 43.6 Å². The number of carbonyl (C=O) groups excluding carboxylic acids is 2. The molecule has 8 nitrogen and oxygen atoms in total. The van der Waals surface area contributed by atoms with Crippen LogP contribution in [0.5, 0.6) is 0 Å². The van der Waals surface area contributed by atoms with Gasteiger partial charge in [0.25, 0.3) is 11.8 Å². The van der Waals surface area contributed by atoms with Gasteiger partial charge in [-0.2, -0.15) is 5.10 Å². The predicted octanol–water partition coefficient (Wildman–Crippen LogP) is 1.61. The fourth-order valence-corrected chi connectivity index (χ4v) is 4.07. The number of nitrogens with zero attached hydrogens (tertiary/aromatic N) is 5. The molecular weight excluding hydrogens is 346 g/mol. The van der Waals surface area contributed by atoms with Gasteiger partial charge in [-0.1, -0.05) is 5.16 Å². The number of amides is 2. The van der Waals surface area contributed by atoms with Gasteiger partial charge in [0.15, 0.2) is 5.69 Å². The van der Waals surface area contributed by atoms with E-state index in [9.17, 15) is 9.59 Å². The molecule has 2 saturated heterocycles. The number of rotatable bonds is 4. The average Bonchev–Trinajstić information content (AvgIpc) is 3.15. The number of hydrogen-bond donors (Lipinski definition) is 0. The smallest absolute Gasteiger partial charge is 0.276 e. The van der Waals surface area contributed by atoms with Crippen molar-refractivity contribution in [1.82, 2.24) is 24.7 Å². The van der Waals surface area contributed by atoms with E-state index in [1.54, 1.807) is 21.8 Å². The fraction of sp³-hybridized carbons (Fsp3) is 0.579. The molecule has 1 saturated carbocycles. The molecule has 0 radical (unpaired) electrons. The maximum Gasteiger partial charge on any atom is 0.276 e. The second-order valence-corrected chi connectivity index (χ2v) is 7.81. The zero-order chi connectivity index (χ0) is 18.4. The van der Waals surface area contributed by atoms with Crippen LogP contribution in [0.1, 0.15) is 54.3 Å². The van der Waals surface area contributed by atoms with E-state index in [4.69, 9.17) is 4.52 Å². The van der Waals surface area contributed by atoms with Crippen LogP contribution < -0.4 is 0 Å². The van der Waals surface area contributed by atoms with Crippen LogP contribution in [0.4, 0.5) is 0 Å². The fourth-order valence-electron chi connectivity index (χ4n) is 4.07. The lowest BCUT2D eigenvalue weighted by molar-refractivity contribution is -0.147. The van der Waals surface area contributed by atoms with Gasteiger partial charge in [-0.15, -0.1) is 0 Å². The van der Waals surface area contributed by atoms with E-state index in [-0.39, 0.29) is 11.8 Å². The number of likely N-dealkylation sites (tertiary alicyclic amines) is 2. The maximum absolute atomic E-state index is 13.2. The van der Waals surface area contributed by atoms with Crippen LogP contribution in [0.15, 0.2) is 29.0 Å². The molecule has 8 heteroatoms. The van der Waals surface area contributed by atoms with Gasteiger partial charge in [0.05, 0.1) is 0 Å². The molecular formula is C19H23N5O3. The van der Waals surface area contributed by atoms with Crippen LogP contribution in [-0.2, 0) is 10.3 Å². The Hall–Kier alpha value is -2.64. The monoisotopic (exact) mass is 369 g/mol. The highest BCUT2D eigenvalue weighted by atomic mass is 16.5. The van der Waals surface area contributed by atoms with Crippen LogP contribution in [0, 0.1) is 0 Å². The number of carbonyl (C=O) groups is 2. The minimum atomic E-state index is -0.691. The third kappa shape index (κ3) is 2.74. The summed E-state index contributed by atoms with van der Waals surface area (Å²) in [5, 5.41) is 8.34. The summed E-state index contributed by atoms with van der Waals surface area (Å²) < 4.78 is 7.11. The molecule has 0 unspecified atom stereocenters. The number of piperidine rings is 1. The second-order valence-electron chi connectivity index (χ2n) is 7.81. The van der Waals surface area contributed by atoms with Gasteiger partial charge in [0.2, 0.25) is 0 Å². The molecule has 142 valence electrons. The molecule has 4 heterocycles. The van der Waals surface area contributed by atoms with Crippen molar-refractivity contribution in [3.8, 4) is 0 Å². The SMILES string of the molecule is O=C(c1cc(C2CC2)on1)N1CCC(C(=O)N2CCC2)(n2cccn2)CC1. The lowest BCUT2D eigenvalue weighted by Crippen LogP contribution is -2.59. The minimum absolute atomic E-state index is 0.115. The molecule has 2 amide bonds. The summed E-state index contributed by atoms with van der Waals surface area (Å²) in [6, 6.07) is 3.62. The first-order chi connectivity index (χ1) is 13.2. The Bertz CT molecular complexity index is 843. The largest absolute Gasteiger partial charge is 0.360 e. The van der Waals surface area contributed by atoms with Gasteiger partial charge in [-0.25, -0.2) is 0 Å². The summed E-state index contributed by atoms with van der Waals surface area (Å²) >= 11 is 0. The van der Waals surface area contributed by atoms with Gasteiger partial charge in [0.1, 0.15) is 11.3 Å². The van der Waals surface area contributed by atoms with E-state index in [0.717, 1.165) is 38.1 Å².